The van der Waals surface area contributed by atoms with Gasteiger partial charge in [-0.25, -0.2) is 0 Å². The minimum atomic E-state index is -0.789. The van der Waals surface area contributed by atoms with E-state index in [4.69, 9.17) is 14.6 Å². The number of carbonyl (C=O) groups is 2. The van der Waals surface area contributed by atoms with Gasteiger partial charge in [0.15, 0.2) is 0 Å². The number of carboxylic acids is 1. The molecule has 2 atom stereocenters. The molecule has 1 saturated carbocycles. The molecule has 1 amide bonds. The minimum absolute atomic E-state index is 0.0573. The number of methoxy groups -OCH3 is 2. The highest BCUT2D eigenvalue weighted by Gasteiger charge is 2.35. The van der Waals surface area contributed by atoms with Crippen LogP contribution in [0.3, 0.4) is 0 Å². The molecule has 0 unspecified atom stereocenters. The van der Waals surface area contributed by atoms with Crippen molar-refractivity contribution in [2.45, 2.75) is 25.7 Å². The van der Waals surface area contributed by atoms with Gasteiger partial charge in [0.25, 0.3) is 0 Å². The molecule has 0 bridgehead atoms. The van der Waals surface area contributed by atoms with Crippen molar-refractivity contribution in [2.24, 2.45) is 11.8 Å². The summed E-state index contributed by atoms with van der Waals surface area (Å²) in [7, 11) is 3.24. The number of hydrogen-bond donors (Lipinski definition) is 1. The van der Waals surface area contributed by atoms with Crippen LogP contribution in [0.4, 0.5) is 0 Å². The number of ether oxygens (including phenoxy) is 2. The van der Waals surface area contributed by atoms with E-state index < -0.39 is 5.97 Å². The number of carbonyl (C=O) groups excluding carboxylic acids is 1. The van der Waals surface area contributed by atoms with Crippen molar-refractivity contribution in [3.63, 3.8) is 0 Å². The maximum Gasteiger partial charge on any atom is 0.306 e. The van der Waals surface area contributed by atoms with Crippen LogP contribution in [-0.2, 0) is 19.1 Å². The molecule has 1 aliphatic rings. The predicted molar refractivity (Wildman–Crippen MR) is 73.4 cm³/mol. The van der Waals surface area contributed by atoms with E-state index in [1.165, 1.54) is 0 Å². The zero-order valence-corrected chi connectivity index (χ0v) is 12.3. The quantitative estimate of drug-likeness (QED) is 0.640. The Hall–Kier alpha value is -1.14. The Labute approximate surface area is 120 Å². The van der Waals surface area contributed by atoms with Crippen LogP contribution in [0.1, 0.15) is 25.7 Å². The van der Waals surface area contributed by atoms with Gasteiger partial charge < -0.3 is 19.5 Å². The van der Waals surface area contributed by atoms with Crippen LogP contribution >= 0.6 is 0 Å². The van der Waals surface area contributed by atoms with Gasteiger partial charge in [-0.15, -0.1) is 0 Å². The normalized spacial score (nSPS) is 21.9. The van der Waals surface area contributed by atoms with Gasteiger partial charge in [-0.05, 0) is 25.7 Å². The predicted octanol–water partition coefficient (Wildman–Crippen LogP) is 0.999. The van der Waals surface area contributed by atoms with Gasteiger partial charge in [0.05, 0.1) is 12.5 Å². The first-order valence-corrected chi connectivity index (χ1v) is 7.09. The molecule has 0 aromatic rings. The first-order chi connectivity index (χ1) is 9.60. The number of hydrogen-bond acceptors (Lipinski definition) is 4. The monoisotopic (exact) mass is 287 g/mol. The Morgan fingerprint density at radius 3 is 2.30 bits per heavy atom. The highest BCUT2D eigenvalue weighted by molar-refractivity contribution is 5.81. The lowest BCUT2D eigenvalue weighted by Gasteiger charge is -2.25. The number of rotatable bonds is 9. The molecular weight excluding hydrogens is 262 g/mol. The second-order valence-corrected chi connectivity index (χ2v) is 5.21. The standard InChI is InChI=1S/C14H25NO5/c1-19-8-3-6-15(7-9-20-2)13(16)11-4-5-12(10-11)14(17)18/h11-12H,3-10H2,1-2H3,(H,17,18)/t11-,12+/m1/s1. The summed E-state index contributed by atoms with van der Waals surface area (Å²) in [4.78, 5) is 25.2. The van der Waals surface area contributed by atoms with Crippen molar-refractivity contribution in [1.29, 1.82) is 0 Å². The third kappa shape index (κ3) is 5.09. The first-order valence-electron chi connectivity index (χ1n) is 7.09. The van der Waals surface area contributed by atoms with Crippen molar-refractivity contribution in [1.82, 2.24) is 4.90 Å². The maximum absolute atomic E-state index is 12.5. The molecule has 1 aliphatic carbocycles. The molecule has 6 nitrogen and oxygen atoms in total. The zero-order valence-electron chi connectivity index (χ0n) is 12.3. The van der Waals surface area contributed by atoms with Crippen molar-refractivity contribution >= 4 is 11.9 Å². The van der Waals surface area contributed by atoms with Crippen LogP contribution in [0, 0.1) is 11.8 Å². The lowest BCUT2D eigenvalue weighted by atomic mass is 10.0. The van der Waals surface area contributed by atoms with Gasteiger partial charge in [-0.3, -0.25) is 9.59 Å². The van der Waals surface area contributed by atoms with Crippen LogP contribution in [0.2, 0.25) is 0 Å². The molecular formula is C14H25NO5. The lowest BCUT2D eigenvalue weighted by molar-refractivity contribution is -0.141. The molecule has 0 aromatic carbocycles. The topological polar surface area (TPSA) is 76.1 Å². The Morgan fingerprint density at radius 2 is 1.75 bits per heavy atom. The molecule has 0 aromatic heterocycles. The van der Waals surface area contributed by atoms with Gasteiger partial charge in [0.2, 0.25) is 5.91 Å². The van der Waals surface area contributed by atoms with Gasteiger partial charge >= 0.3 is 5.97 Å². The zero-order chi connectivity index (χ0) is 15.0. The van der Waals surface area contributed by atoms with Crippen molar-refractivity contribution in [2.75, 3.05) is 40.5 Å². The first kappa shape index (κ1) is 16.9. The molecule has 6 heteroatoms. The van der Waals surface area contributed by atoms with E-state index in [2.05, 4.69) is 0 Å². The van der Waals surface area contributed by atoms with Gasteiger partial charge in [-0.1, -0.05) is 0 Å². The van der Waals surface area contributed by atoms with Crippen LogP contribution in [-0.4, -0.2) is 62.4 Å². The van der Waals surface area contributed by atoms with Crippen LogP contribution in [0.25, 0.3) is 0 Å². The van der Waals surface area contributed by atoms with E-state index in [-0.39, 0.29) is 17.7 Å². The number of amides is 1. The summed E-state index contributed by atoms with van der Waals surface area (Å²) in [5, 5.41) is 9.00. The van der Waals surface area contributed by atoms with E-state index in [1.54, 1.807) is 19.1 Å². The minimum Gasteiger partial charge on any atom is -0.481 e. The largest absolute Gasteiger partial charge is 0.481 e. The van der Waals surface area contributed by atoms with Crippen LogP contribution < -0.4 is 0 Å². The number of carboxylic acid groups (broad SMARTS) is 1. The molecule has 0 heterocycles. The van der Waals surface area contributed by atoms with Gasteiger partial charge in [0.1, 0.15) is 0 Å². The fraction of sp³-hybridized carbons (Fsp3) is 0.857. The van der Waals surface area contributed by atoms with E-state index in [9.17, 15) is 9.59 Å². The Morgan fingerprint density at radius 1 is 1.10 bits per heavy atom. The average Bonchev–Trinajstić information content (AvgIpc) is 2.92. The smallest absolute Gasteiger partial charge is 0.306 e. The molecule has 0 radical (unpaired) electrons. The average molecular weight is 287 g/mol. The third-order valence-corrected chi connectivity index (χ3v) is 3.78. The van der Waals surface area contributed by atoms with Gasteiger partial charge in [-0.2, -0.15) is 0 Å². The summed E-state index contributed by atoms with van der Waals surface area (Å²) < 4.78 is 10.0. The van der Waals surface area contributed by atoms with E-state index >= 15 is 0 Å². The van der Waals surface area contributed by atoms with E-state index in [0.717, 1.165) is 6.42 Å². The second kappa shape index (κ2) is 8.92. The summed E-state index contributed by atoms with van der Waals surface area (Å²) in [6.07, 6.45) is 2.51. The summed E-state index contributed by atoms with van der Waals surface area (Å²) >= 11 is 0. The van der Waals surface area contributed by atoms with Gasteiger partial charge in [0, 0.05) is 39.8 Å². The Bertz CT molecular complexity index is 321. The Kier molecular flexibility index (Phi) is 7.54. The second-order valence-electron chi connectivity index (χ2n) is 5.21. The van der Waals surface area contributed by atoms with Crippen molar-refractivity contribution in [3.8, 4) is 0 Å². The molecule has 0 saturated heterocycles. The summed E-state index contributed by atoms with van der Waals surface area (Å²) in [6, 6.07) is 0. The number of aliphatic carboxylic acids is 1. The summed E-state index contributed by atoms with van der Waals surface area (Å²) in [5.41, 5.74) is 0. The van der Waals surface area contributed by atoms with E-state index in [0.29, 0.717) is 45.6 Å². The molecule has 116 valence electrons. The highest BCUT2D eigenvalue weighted by Crippen LogP contribution is 2.32. The summed E-state index contributed by atoms with van der Waals surface area (Å²) in [6.45, 7) is 2.28. The van der Waals surface area contributed by atoms with Crippen molar-refractivity contribution < 1.29 is 24.2 Å². The molecule has 0 aliphatic heterocycles. The fourth-order valence-electron chi connectivity index (χ4n) is 2.62. The highest BCUT2D eigenvalue weighted by atomic mass is 16.5. The number of nitrogens with zero attached hydrogens (tertiary/aromatic N) is 1. The lowest BCUT2D eigenvalue weighted by Crippen LogP contribution is -2.39. The fourth-order valence-corrected chi connectivity index (χ4v) is 2.62. The SMILES string of the molecule is COCCCN(CCOC)C(=O)[C@@H]1CC[C@H](C(=O)O)C1. The van der Waals surface area contributed by atoms with E-state index in [1.807, 2.05) is 0 Å². The van der Waals surface area contributed by atoms with Crippen LogP contribution in [0.5, 0.6) is 0 Å². The molecule has 1 fully saturated rings. The third-order valence-electron chi connectivity index (χ3n) is 3.78. The molecule has 0 spiro atoms. The molecule has 20 heavy (non-hydrogen) atoms. The Balaban J connectivity index is 2.51. The van der Waals surface area contributed by atoms with Crippen molar-refractivity contribution in [3.05, 3.63) is 0 Å². The molecule has 1 rings (SSSR count). The van der Waals surface area contributed by atoms with Crippen LogP contribution in [0.15, 0.2) is 0 Å². The summed E-state index contributed by atoms with van der Waals surface area (Å²) in [5.74, 6) is -1.26. The maximum atomic E-state index is 12.5. The molecule has 1 N–H and O–H groups in total.